The van der Waals surface area contributed by atoms with Crippen LogP contribution < -0.4 is 0 Å². The van der Waals surface area contributed by atoms with Crippen LogP contribution in [-0.2, 0) is 55.8 Å². The van der Waals surface area contributed by atoms with E-state index in [1.807, 2.05) is 0 Å². The first-order valence-corrected chi connectivity index (χ1v) is 34.5. The fourth-order valence-electron chi connectivity index (χ4n) is 7.90. The molecule has 0 heterocycles. The molecule has 18 heteroatoms. The van der Waals surface area contributed by atoms with Crippen molar-refractivity contribution in [3.63, 3.8) is 0 Å². The number of aliphatic hydroxyl groups excluding tert-OH is 2. The quantitative estimate of drug-likeness (QED) is 0.0146. The zero-order valence-electron chi connectivity index (χ0n) is 51.3. The molecule has 0 aromatic rings. The van der Waals surface area contributed by atoms with Crippen LogP contribution in [0.2, 0.25) is 0 Å². The van der Waals surface area contributed by atoms with Gasteiger partial charge in [-0.3, -0.25) is 32.5 Å². The number of phosphoric acid groups is 2. The first-order valence-electron chi connectivity index (χ1n) is 31.5. The lowest BCUT2D eigenvalue weighted by Crippen LogP contribution is -2.30. The van der Waals surface area contributed by atoms with E-state index in [-0.39, 0.29) is 19.3 Å². The summed E-state index contributed by atoms with van der Waals surface area (Å²) in [7, 11) is -9.78. The Morgan fingerprint density at radius 3 is 1.06 bits per heavy atom. The minimum atomic E-state index is -4.93. The molecule has 0 aliphatic rings. The normalized spacial score (nSPS) is 15.0. The summed E-state index contributed by atoms with van der Waals surface area (Å²) in [5.41, 5.74) is 0. The van der Waals surface area contributed by atoms with Crippen molar-refractivity contribution in [1.82, 2.24) is 0 Å². The minimum Gasteiger partial charge on any atom is -0.463 e. The van der Waals surface area contributed by atoms with Gasteiger partial charge >= 0.3 is 33.6 Å². The molecular weight excluding hydrogens is 1100 g/mol. The summed E-state index contributed by atoms with van der Waals surface area (Å²) in [5, 5.41) is 20.5. The second-order valence-corrected chi connectivity index (χ2v) is 23.7. The van der Waals surface area contributed by atoms with Crippen LogP contribution in [0.5, 0.6) is 0 Å². The van der Waals surface area contributed by atoms with Gasteiger partial charge in [0, 0.05) is 19.3 Å². The Bertz CT molecular complexity index is 1910. The topological polar surface area (TPSA) is 231 Å². The Hall–Kier alpha value is -3.53. The standard InChI is InChI=1S/C65H112O16P2/c1-4-7-10-13-16-19-22-24-26-28-29-31-33-34-37-39-42-45-48-51-63(68)75-54-60(66)55-77-82(71,72)78-56-61(67)57-79-83(73,74)80-59-62(81-65(70)53-50-47-44-41-36-21-18-15-12-9-6-3)58-76-64(69)52-49-46-43-40-38-35-32-30-27-25-23-20-17-14-11-8-5-2/h8,11,15-20,24-27,29,31-32,35,60-62,66-67H,4-7,9-10,12-14,21-23,28,30,33-34,36-59H2,1-3H3,(H,71,72)(H,73,74)/b11-8-,18-15-,19-16-,20-17-,26-24-,27-25-,31-29-,35-32-. The Balaban J connectivity index is 4.65. The van der Waals surface area contributed by atoms with E-state index in [1.165, 1.54) is 38.5 Å². The van der Waals surface area contributed by atoms with Crippen LogP contribution in [0, 0.1) is 0 Å². The number of ether oxygens (including phenoxy) is 3. The second-order valence-electron chi connectivity index (χ2n) is 20.8. The van der Waals surface area contributed by atoms with Gasteiger partial charge in [0.1, 0.15) is 25.4 Å². The molecule has 5 atom stereocenters. The first-order chi connectivity index (χ1) is 40.2. The molecule has 16 nitrogen and oxygen atoms in total. The largest absolute Gasteiger partial charge is 0.472 e. The highest BCUT2D eigenvalue weighted by molar-refractivity contribution is 7.47. The Morgan fingerprint density at radius 2 is 0.651 bits per heavy atom. The van der Waals surface area contributed by atoms with Crippen molar-refractivity contribution in [2.24, 2.45) is 0 Å². The van der Waals surface area contributed by atoms with Crippen molar-refractivity contribution in [3.8, 4) is 0 Å². The van der Waals surface area contributed by atoms with E-state index in [2.05, 4.69) is 118 Å². The SMILES string of the molecule is CC/C=C\C/C=C\C/C=C\C/C=C\CCCCCCC(=O)OCC(COP(=O)(O)OCC(O)COP(=O)(O)OCC(O)COC(=O)CCCCCCCC/C=C\C/C=C\C/C=C\CCCCC)OC(=O)CCCCCCC/C=C\CCCC. The Labute approximate surface area is 501 Å². The van der Waals surface area contributed by atoms with Crippen molar-refractivity contribution in [3.05, 3.63) is 97.2 Å². The number of aliphatic hydroxyl groups is 2. The summed E-state index contributed by atoms with van der Waals surface area (Å²) in [6.45, 7) is 2.40. The van der Waals surface area contributed by atoms with Gasteiger partial charge in [0.15, 0.2) is 6.10 Å². The lowest BCUT2D eigenvalue weighted by molar-refractivity contribution is -0.161. The molecule has 478 valence electrons. The van der Waals surface area contributed by atoms with Crippen LogP contribution >= 0.6 is 15.6 Å². The smallest absolute Gasteiger partial charge is 0.463 e. The molecule has 0 saturated heterocycles. The third-order valence-electron chi connectivity index (χ3n) is 12.8. The molecule has 0 aliphatic heterocycles. The van der Waals surface area contributed by atoms with Crippen molar-refractivity contribution < 1.29 is 75.8 Å². The van der Waals surface area contributed by atoms with Crippen molar-refractivity contribution in [2.75, 3.05) is 39.6 Å². The predicted molar refractivity (Wildman–Crippen MR) is 334 cm³/mol. The number of hydrogen-bond donors (Lipinski definition) is 4. The molecule has 0 radical (unpaired) electrons. The number of phosphoric ester groups is 2. The van der Waals surface area contributed by atoms with Crippen LogP contribution in [0.15, 0.2) is 97.2 Å². The van der Waals surface area contributed by atoms with Crippen molar-refractivity contribution >= 4 is 33.6 Å². The maximum atomic E-state index is 12.8. The average molecular weight is 1210 g/mol. The van der Waals surface area contributed by atoms with E-state index in [0.29, 0.717) is 19.3 Å². The van der Waals surface area contributed by atoms with E-state index in [9.17, 15) is 43.5 Å². The fraction of sp³-hybridized carbons (Fsp3) is 0.708. The molecule has 5 unspecified atom stereocenters. The van der Waals surface area contributed by atoms with E-state index >= 15 is 0 Å². The molecule has 0 aliphatic carbocycles. The summed E-state index contributed by atoms with van der Waals surface area (Å²) in [6, 6.07) is 0. The van der Waals surface area contributed by atoms with Gasteiger partial charge in [-0.05, 0) is 116 Å². The molecule has 0 saturated carbocycles. The summed E-state index contributed by atoms with van der Waals surface area (Å²) in [4.78, 5) is 58.1. The van der Waals surface area contributed by atoms with Crippen LogP contribution in [0.3, 0.4) is 0 Å². The number of carbonyl (C=O) groups excluding carboxylic acids is 3. The highest BCUT2D eigenvalue weighted by Crippen LogP contribution is 2.45. The van der Waals surface area contributed by atoms with Crippen molar-refractivity contribution in [2.45, 2.75) is 257 Å². The zero-order chi connectivity index (χ0) is 61.0. The number of esters is 3. The minimum absolute atomic E-state index is 0.0865. The molecule has 0 amide bonds. The highest BCUT2D eigenvalue weighted by Gasteiger charge is 2.29. The summed E-state index contributed by atoms with van der Waals surface area (Å²) in [6.07, 6.45) is 61.9. The lowest BCUT2D eigenvalue weighted by Gasteiger charge is -2.21. The molecule has 4 N–H and O–H groups in total. The van der Waals surface area contributed by atoms with Gasteiger partial charge in [-0.2, -0.15) is 0 Å². The van der Waals surface area contributed by atoms with Gasteiger partial charge in [0.2, 0.25) is 0 Å². The molecule has 0 rings (SSSR count). The van der Waals surface area contributed by atoms with Crippen LogP contribution in [0.25, 0.3) is 0 Å². The number of rotatable bonds is 59. The molecule has 0 aromatic carbocycles. The van der Waals surface area contributed by atoms with Crippen molar-refractivity contribution in [1.29, 1.82) is 0 Å². The zero-order valence-corrected chi connectivity index (χ0v) is 53.1. The molecule has 0 spiro atoms. The summed E-state index contributed by atoms with van der Waals surface area (Å²) in [5.74, 6) is -1.63. The van der Waals surface area contributed by atoms with E-state index in [0.717, 1.165) is 141 Å². The highest BCUT2D eigenvalue weighted by atomic mass is 31.2. The lowest BCUT2D eigenvalue weighted by atomic mass is 10.1. The van der Waals surface area contributed by atoms with Gasteiger partial charge in [-0.1, -0.05) is 201 Å². The molecule has 83 heavy (non-hydrogen) atoms. The monoisotopic (exact) mass is 1210 g/mol. The first kappa shape index (κ1) is 79.5. The number of hydrogen-bond acceptors (Lipinski definition) is 14. The molecule has 0 aromatic heterocycles. The third kappa shape index (κ3) is 60.0. The molecular formula is C65H112O16P2. The number of unbranched alkanes of at least 4 members (excludes halogenated alkanes) is 20. The Morgan fingerprint density at radius 1 is 0.349 bits per heavy atom. The van der Waals surface area contributed by atoms with Crippen LogP contribution in [0.4, 0.5) is 0 Å². The van der Waals surface area contributed by atoms with Gasteiger partial charge in [0.05, 0.1) is 26.4 Å². The van der Waals surface area contributed by atoms with Crippen LogP contribution in [-0.4, -0.2) is 95.9 Å². The number of allylic oxidation sites excluding steroid dienone is 16. The second kappa shape index (κ2) is 58.8. The molecule has 0 bridgehead atoms. The van der Waals surface area contributed by atoms with E-state index < -0.39 is 91.5 Å². The fourth-order valence-corrected chi connectivity index (χ4v) is 9.48. The average Bonchev–Trinajstić information content (AvgIpc) is 3.47. The number of carbonyl (C=O) groups is 3. The predicted octanol–water partition coefficient (Wildman–Crippen LogP) is 16.7. The summed E-state index contributed by atoms with van der Waals surface area (Å²) < 4.78 is 60.6. The van der Waals surface area contributed by atoms with Gasteiger partial charge < -0.3 is 34.2 Å². The van der Waals surface area contributed by atoms with Gasteiger partial charge in [0.25, 0.3) is 0 Å². The van der Waals surface area contributed by atoms with E-state index in [4.69, 9.17) is 32.3 Å². The Kier molecular flexibility index (Phi) is 56.3. The van der Waals surface area contributed by atoms with Gasteiger partial charge in [-0.25, -0.2) is 9.13 Å². The third-order valence-corrected chi connectivity index (χ3v) is 14.7. The molecule has 0 fully saturated rings. The maximum Gasteiger partial charge on any atom is 0.472 e. The van der Waals surface area contributed by atoms with Gasteiger partial charge in [-0.15, -0.1) is 0 Å². The maximum absolute atomic E-state index is 12.8. The summed E-state index contributed by atoms with van der Waals surface area (Å²) >= 11 is 0. The van der Waals surface area contributed by atoms with E-state index in [1.54, 1.807) is 0 Å². The van der Waals surface area contributed by atoms with Crippen LogP contribution in [0.1, 0.15) is 239 Å².